The zero-order valence-electron chi connectivity index (χ0n) is 12.7. The average Bonchev–Trinajstić information content (AvgIpc) is 2.53. The second kappa shape index (κ2) is 10.7. The molecule has 0 aliphatic rings. The van der Waals surface area contributed by atoms with Gasteiger partial charge in [-0.2, -0.15) is 0 Å². The Balaban J connectivity index is 0.00000264. The lowest BCUT2D eigenvalue weighted by Gasteiger charge is -2.12. The SMILES string of the molecule is CN=C(NCCc1ccc(Cl)cc1Cl)NCc1ccccn1.I. The number of hydrogen-bond donors (Lipinski definition) is 2. The topological polar surface area (TPSA) is 49.3 Å². The van der Waals surface area contributed by atoms with Gasteiger partial charge in [0.2, 0.25) is 0 Å². The second-order valence-corrected chi connectivity index (χ2v) is 5.50. The van der Waals surface area contributed by atoms with Gasteiger partial charge in [0.25, 0.3) is 0 Å². The smallest absolute Gasteiger partial charge is 0.191 e. The molecule has 0 aliphatic heterocycles. The van der Waals surface area contributed by atoms with E-state index in [0.717, 1.165) is 30.2 Å². The maximum atomic E-state index is 6.15. The van der Waals surface area contributed by atoms with Crippen molar-refractivity contribution < 1.29 is 0 Å². The summed E-state index contributed by atoms with van der Waals surface area (Å²) >= 11 is 12.0. The summed E-state index contributed by atoms with van der Waals surface area (Å²) in [5, 5.41) is 7.80. The van der Waals surface area contributed by atoms with Gasteiger partial charge in [0, 0.05) is 29.8 Å². The highest BCUT2D eigenvalue weighted by atomic mass is 127. The highest BCUT2D eigenvalue weighted by Crippen LogP contribution is 2.20. The molecule has 0 fully saturated rings. The van der Waals surface area contributed by atoms with Crippen molar-refractivity contribution >= 4 is 53.1 Å². The van der Waals surface area contributed by atoms with Crippen molar-refractivity contribution in [2.24, 2.45) is 4.99 Å². The Morgan fingerprint density at radius 2 is 2.00 bits per heavy atom. The van der Waals surface area contributed by atoms with Gasteiger partial charge in [-0.3, -0.25) is 9.98 Å². The summed E-state index contributed by atoms with van der Waals surface area (Å²) in [4.78, 5) is 8.44. The normalized spacial score (nSPS) is 10.8. The van der Waals surface area contributed by atoms with Crippen molar-refractivity contribution in [3.8, 4) is 0 Å². The van der Waals surface area contributed by atoms with Crippen molar-refractivity contribution in [3.05, 3.63) is 63.9 Å². The first kappa shape index (κ1) is 20.0. The van der Waals surface area contributed by atoms with Gasteiger partial charge in [0.05, 0.1) is 12.2 Å². The zero-order valence-corrected chi connectivity index (χ0v) is 16.6. The maximum absolute atomic E-state index is 6.15. The Hall–Kier alpha value is -1.05. The highest BCUT2D eigenvalue weighted by Gasteiger charge is 2.03. The predicted molar refractivity (Wildman–Crippen MR) is 108 cm³/mol. The molecule has 0 bridgehead atoms. The molecule has 0 amide bonds. The summed E-state index contributed by atoms with van der Waals surface area (Å²) in [6.07, 6.45) is 2.57. The molecule has 2 aromatic rings. The average molecular weight is 465 g/mol. The van der Waals surface area contributed by atoms with Gasteiger partial charge >= 0.3 is 0 Å². The lowest BCUT2D eigenvalue weighted by molar-refractivity contribution is 0.783. The van der Waals surface area contributed by atoms with Gasteiger partial charge in [0.1, 0.15) is 0 Å². The summed E-state index contributed by atoms with van der Waals surface area (Å²) in [5.74, 6) is 0.732. The van der Waals surface area contributed by atoms with Crippen molar-refractivity contribution in [1.82, 2.24) is 15.6 Å². The number of nitrogens with zero attached hydrogens (tertiary/aromatic N) is 2. The fraction of sp³-hybridized carbons (Fsp3) is 0.250. The molecule has 0 radical (unpaired) electrons. The molecule has 1 heterocycles. The molecule has 4 nitrogen and oxygen atoms in total. The third kappa shape index (κ3) is 6.93. The molecule has 23 heavy (non-hydrogen) atoms. The first-order valence-electron chi connectivity index (χ1n) is 6.97. The number of nitrogens with one attached hydrogen (secondary N) is 2. The molecule has 0 saturated heterocycles. The fourth-order valence-electron chi connectivity index (χ4n) is 1.94. The Kier molecular flexibility index (Phi) is 9.28. The lowest BCUT2D eigenvalue weighted by atomic mass is 10.1. The van der Waals surface area contributed by atoms with Crippen LogP contribution in [-0.2, 0) is 13.0 Å². The van der Waals surface area contributed by atoms with E-state index in [0.29, 0.717) is 16.6 Å². The van der Waals surface area contributed by atoms with Crippen molar-refractivity contribution in [3.63, 3.8) is 0 Å². The van der Waals surface area contributed by atoms with Gasteiger partial charge < -0.3 is 10.6 Å². The minimum atomic E-state index is 0. The largest absolute Gasteiger partial charge is 0.356 e. The number of guanidine groups is 1. The third-order valence-corrected chi connectivity index (χ3v) is 3.68. The Bertz CT molecular complexity index is 635. The Morgan fingerprint density at radius 1 is 1.17 bits per heavy atom. The van der Waals surface area contributed by atoms with Crippen LogP contribution in [0.1, 0.15) is 11.3 Å². The lowest BCUT2D eigenvalue weighted by Crippen LogP contribution is -2.38. The van der Waals surface area contributed by atoms with Crippen LogP contribution >= 0.6 is 47.2 Å². The Labute approximate surface area is 163 Å². The zero-order chi connectivity index (χ0) is 15.8. The predicted octanol–water partition coefficient (Wildman–Crippen LogP) is 3.91. The number of rotatable bonds is 5. The minimum absolute atomic E-state index is 0. The van der Waals surface area contributed by atoms with Crippen molar-refractivity contribution in [1.29, 1.82) is 0 Å². The van der Waals surface area contributed by atoms with Gasteiger partial charge in [-0.15, -0.1) is 24.0 Å². The summed E-state index contributed by atoms with van der Waals surface area (Å²) in [5.41, 5.74) is 2.02. The number of aromatic nitrogens is 1. The monoisotopic (exact) mass is 464 g/mol. The van der Waals surface area contributed by atoms with Gasteiger partial charge in [-0.05, 0) is 36.2 Å². The minimum Gasteiger partial charge on any atom is -0.356 e. The highest BCUT2D eigenvalue weighted by molar-refractivity contribution is 14.0. The van der Waals surface area contributed by atoms with Crippen LogP contribution in [0.25, 0.3) is 0 Å². The van der Waals surface area contributed by atoms with Crippen LogP contribution in [0.2, 0.25) is 10.0 Å². The summed E-state index contributed by atoms with van der Waals surface area (Å²) < 4.78 is 0. The molecule has 0 atom stereocenters. The molecule has 0 unspecified atom stereocenters. The van der Waals surface area contributed by atoms with Crippen LogP contribution in [0.5, 0.6) is 0 Å². The van der Waals surface area contributed by atoms with Gasteiger partial charge in [0.15, 0.2) is 5.96 Å². The second-order valence-electron chi connectivity index (χ2n) is 4.66. The molecule has 0 aliphatic carbocycles. The molecule has 1 aromatic carbocycles. The van der Waals surface area contributed by atoms with Crippen molar-refractivity contribution in [2.45, 2.75) is 13.0 Å². The Morgan fingerprint density at radius 3 is 2.65 bits per heavy atom. The molecule has 124 valence electrons. The molecular weight excluding hydrogens is 446 g/mol. The van der Waals surface area contributed by atoms with E-state index in [4.69, 9.17) is 23.2 Å². The maximum Gasteiger partial charge on any atom is 0.191 e. The first-order valence-corrected chi connectivity index (χ1v) is 7.73. The van der Waals surface area contributed by atoms with E-state index in [1.807, 2.05) is 30.3 Å². The molecule has 1 aromatic heterocycles. The van der Waals surface area contributed by atoms with Gasteiger partial charge in [-0.1, -0.05) is 35.3 Å². The van der Waals surface area contributed by atoms with E-state index in [1.165, 1.54) is 0 Å². The molecular formula is C16H19Cl2IN4. The van der Waals surface area contributed by atoms with E-state index in [2.05, 4.69) is 20.6 Å². The van der Waals surface area contributed by atoms with E-state index >= 15 is 0 Å². The summed E-state index contributed by atoms with van der Waals surface area (Å²) in [7, 11) is 1.74. The third-order valence-electron chi connectivity index (χ3n) is 3.09. The summed E-state index contributed by atoms with van der Waals surface area (Å²) in [6, 6.07) is 11.4. The standard InChI is InChI=1S/C16H18Cl2N4.HI/c1-19-16(22-11-14-4-2-3-8-20-14)21-9-7-12-5-6-13(17)10-15(12)18;/h2-6,8,10H,7,9,11H2,1H3,(H2,19,21,22);1H. The van der Waals surface area contributed by atoms with Crippen LogP contribution in [0.3, 0.4) is 0 Å². The van der Waals surface area contributed by atoms with Gasteiger partial charge in [-0.25, -0.2) is 0 Å². The number of aliphatic imine (C=N–C) groups is 1. The number of pyridine rings is 1. The molecule has 2 N–H and O–H groups in total. The van der Waals surface area contributed by atoms with E-state index in [9.17, 15) is 0 Å². The summed E-state index contributed by atoms with van der Waals surface area (Å²) in [6.45, 7) is 1.35. The fourth-order valence-corrected chi connectivity index (χ4v) is 2.44. The number of hydrogen-bond acceptors (Lipinski definition) is 2. The van der Waals surface area contributed by atoms with Crippen LogP contribution < -0.4 is 10.6 Å². The van der Waals surface area contributed by atoms with E-state index < -0.39 is 0 Å². The van der Waals surface area contributed by atoms with E-state index in [1.54, 1.807) is 19.3 Å². The number of halogens is 3. The quantitative estimate of drug-likeness (QED) is 0.400. The van der Waals surface area contributed by atoms with Crippen LogP contribution in [0, 0.1) is 0 Å². The van der Waals surface area contributed by atoms with Crippen LogP contribution in [0.15, 0.2) is 47.6 Å². The van der Waals surface area contributed by atoms with Crippen molar-refractivity contribution in [2.75, 3.05) is 13.6 Å². The first-order chi connectivity index (χ1) is 10.7. The molecule has 0 spiro atoms. The van der Waals surface area contributed by atoms with Crippen LogP contribution in [-0.4, -0.2) is 24.5 Å². The number of benzene rings is 1. The molecule has 2 rings (SSSR count). The van der Waals surface area contributed by atoms with E-state index in [-0.39, 0.29) is 24.0 Å². The molecule has 7 heteroatoms. The molecule has 0 saturated carbocycles. The van der Waals surface area contributed by atoms with Crippen LogP contribution in [0.4, 0.5) is 0 Å².